The van der Waals surface area contributed by atoms with E-state index in [1.165, 1.54) is 28.7 Å². The molecule has 4 nitrogen and oxygen atoms in total. The van der Waals surface area contributed by atoms with Crippen molar-refractivity contribution in [2.24, 2.45) is 0 Å². The van der Waals surface area contributed by atoms with Gasteiger partial charge in [-0.25, -0.2) is 0 Å². The first-order valence-electron chi connectivity index (χ1n) is 6.55. The second-order valence-corrected chi connectivity index (χ2v) is 6.79. The monoisotopic (exact) mass is 305 g/mol. The zero-order valence-corrected chi connectivity index (χ0v) is 12.6. The number of benzene rings is 1. The Kier molecular flexibility index (Phi) is 4.32. The number of hydrogen-bond acceptors (Lipinski definition) is 5. The molecular formula is C14H15N3OS2. The summed E-state index contributed by atoms with van der Waals surface area (Å²) in [4.78, 5) is 14.4. The fourth-order valence-corrected chi connectivity index (χ4v) is 3.39. The molecule has 2 aromatic rings. The molecule has 3 rings (SSSR count). The van der Waals surface area contributed by atoms with Crippen molar-refractivity contribution in [3.8, 4) is 0 Å². The maximum Gasteiger partial charge on any atom is 0.233 e. The number of hydrogen-bond donors (Lipinski definition) is 0. The Morgan fingerprint density at radius 3 is 2.80 bits per heavy atom. The topological polar surface area (TPSA) is 46.1 Å². The molecule has 0 radical (unpaired) electrons. The standard InChI is InChI=1S/C14H15N3OS2/c18-13(9-19-14-16-15-10-20-14)17(12-6-7-12)8-11-4-2-1-3-5-11/h1-5,10,12H,6-9H2. The summed E-state index contributed by atoms with van der Waals surface area (Å²) < 4.78 is 0.855. The Labute approximate surface area is 126 Å². The average Bonchev–Trinajstić information content (AvgIpc) is 3.19. The molecule has 1 aliphatic rings. The quantitative estimate of drug-likeness (QED) is 0.770. The molecule has 0 atom stereocenters. The second-order valence-electron chi connectivity index (χ2n) is 4.73. The Morgan fingerprint density at radius 2 is 2.15 bits per heavy atom. The molecule has 1 aromatic carbocycles. The minimum atomic E-state index is 0.191. The molecule has 1 fully saturated rings. The number of thioether (sulfide) groups is 1. The Morgan fingerprint density at radius 1 is 1.35 bits per heavy atom. The van der Waals surface area contributed by atoms with Crippen LogP contribution in [0, 0.1) is 0 Å². The summed E-state index contributed by atoms with van der Waals surface area (Å²) in [5.74, 6) is 0.634. The van der Waals surface area contributed by atoms with Gasteiger partial charge in [0.15, 0.2) is 4.34 Å². The van der Waals surface area contributed by atoms with Crippen LogP contribution in [0.3, 0.4) is 0 Å². The van der Waals surface area contributed by atoms with Gasteiger partial charge in [-0.15, -0.1) is 10.2 Å². The largest absolute Gasteiger partial charge is 0.335 e. The lowest BCUT2D eigenvalue weighted by Crippen LogP contribution is -2.33. The van der Waals surface area contributed by atoms with Crippen LogP contribution >= 0.6 is 23.1 Å². The van der Waals surface area contributed by atoms with E-state index in [9.17, 15) is 4.79 Å². The van der Waals surface area contributed by atoms with Gasteiger partial charge in [0.2, 0.25) is 5.91 Å². The van der Waals surface area contributed by atoms with E-state index in [1.54, 1.807) is 5.51 Å². The van der Waals surface area contributed by atoms with Crippen LogP contribution < -0.4 is 0 Å². The fraction of sp³-hybridized carbons (Fsp3) is 0.357. The van der Waals surface area contributed by atoms with Crippen molar-refractivity contribution in [1.82, 2.24) is 15.1 Å². The highest BCUT2D eigenvalue weighted by atomic mass is 32.2. The molecule has 1 heterocycles. The molecule has 0 N–H and O–H groups in total. The molecule has 0 unspecified atom stereocenters. The lowest BCUT2D eigenvalue weighted by Gasteiger charge is -2.22. The third kappa shape index (κ3) is 3.58. The molecule has 1 amide bonds. The minimum Gasteiger partial charge on any atom is -0.335 e. The molecule has 0 saturated heterocycles. The molecule has 20 heavy (non-hydrogen) atoms. The lowest BCUT2D eigenvalue weighted by atomic mass is 10.2. The molecule has 0 bridgehead atoms. The number of carbonyl (C=O) groups is 1. The molecule has 0 spiro atoms. The van der Waals surface area contributed by atoms with Crippen LogP contribution in [0.25, 0.3) is 0 Å². The van der Waals surface area contributed by atoms with E-state index >= 15 is 0 Å². The summed E-state index contributed by atoms with van der Waals surface area (Å²) in [5, 5.41) is 7.74. The van der Waals surface area contributed by atoms with E-state index in [0.717, 1.165) is 17.2 Å². The Balaban J connectivity index is 1.60. The van der Waals surface area contributed by atoms with E-state index in [1.807, 2.05) is 23.1 Å². The first-order chi connectivity index (χ1) is 9.83. The van der Waals surface area contributed by atoms with Gasteiger partial charge in [0.25, 0.3) is 0 Å². The van der Waals surface area contributed by atoms with Crippen LogP contribution in [0.2, 0.25) is 0 Å². The third-order valence-corrected chi connectivity index (χ3v) is 5.01. The summed E-state index contributed by atoms with van der Waals surface area (Å²) in [6.45, 7) is 0.709. The van der Waals surface area contributed by atoms with Gasteiger partial charge in [-0.3, -0.25) is 4.79 Å². The van der Waals surface area contributed by atoms with Crippen molar-refractivity contribution in [1.29, 1.82) is 0 Å². The Hall–Kier alpha value is -1.40. The smallest absolute Gasteiger partial charge is 0.233 e. The van der Waals surface area contributed by atoms with Gasteiger partial charge in [-0.1, -0.05) is 53.4 Å². The van der Waals surface area contributed by atoms with Crippen molar-refractivity contribution in [2.75, 3.05) is 5.75 Å². The van der Waals surface area contributed by atoms with E-state index in [0.29, 0.717) is 18.3 Å². The molecule has 104 valence electrons. The highest BCUT2D eigenvalue weighted by Crippen LogP contribution is 2.30. The zero-order valence-electron chi connectivity index (χ0n) is 10.9. The lowest BCUT2D eigenvalue weighted by molar-refractivity contribution is -0.129. The summed E-state index contributed by atoms with van der Waals surface area (Å²) in [5.41, 5.74) is 2.88. The number of aromatic nitrogens is 2. The van der Waals surface area contributed by atoms with E-state index in [2.05, 4.69) is 22.3 Å². The van der Waals surface area contributed by atoms with Crippen molar-refractivity contribution in [3.63, 3.8) is 0 Å². The molecular weight excluding hydrogens is 290 g/mol. The number of amides is 1. The van der Waals surface area contributed by atoms with Crippen molar-refractivity contribution < 1.29 is 4.79 Å². The van der Waals surface area contributed by atoms with Gasteiger partial charge in [0.05, 0.1) is 5.75 Å². The van der Waals surface area contributed by atoms with Crippen LogP contribution in [0.5, 0.6) is 0 Å². The third-order valence-electron chi connectivity index (χ3n) is 3.16. The summed E-state index contributed by atoms with van der Waals surface area (Å²) >= 11 is 2.95. The van der Waals surface area contributed by atoms with Gasteiger partial charge < -0.3 is 4.90 Å². The van der Waals surface area contributed by atoms with Crippen molar-refractivity contribution >= 4 is 29.0 Å². The predicted molar refractivity (Wildman–Crippen MR) is 80.6 cm³/mol. The first kappa shape index (κ1) is 13.6. The second kappa shape index (κ2) is 6.37. The molecule has 0 aliphatic heterocycles. The fourth-order valence-electron chi connectivity index (χ4n) is 2.02. The van der Waals surface area contributed by atoms with Crippen LogP contribution in [0.1, 0.15) is 18.4 Å². The minimum absolute atomic E-state index is 0.191. The summed E-state index contributed by atoms with van der Waals surface area (Å²) in [6.07, 6.45) is 2.25. The SMILES string of the molecule is O=C(CSc1nncs1)N(Cc1ccccc1)C1CC1. The van der Waals surface area contributed by atoms with Gasteiger partial charge >= 0.3 is 0 Å². The van der Waals surface area contributed by atoms with E-state index < -0.39 is 0 Å². The van der Waals surface area contributed by atoms with Crippen LogP contribution in [-0.4, -0.2) is 32.8 Å². The first-order valence-corrected chi connectivity index (χ1v) is 8.42. The van der Waals surface area contributed by atoms with Crippen LogP contribution in [0.15, 0.2) is 40.2 Å². The van der Waals surface area contributed by atoms with Gasteiger partial charge in [-0.2, -0.15) is 0 Å². The maximum atomic E-state index is 12.4. The van der Waals surface area contributed by atoms with Crippen LogP contribution in [-0.2, 0) is 11.3 Å². The number of rotatable bonds is 6. The van der Waals surface area contributed by atoms with Crippen molar-refractivity contribution in [3.05, 3.63) is 41.4 Å². The van der Waals surface area contributed by atoms with E-state index in [-0.39, 0.29) is 5.91 Å². The predicted octanol–water partition coefficient (Wildman–Crippen LogP) is 2.82. The highest BCUT2D eigenvalue weighted by molar-refractivity contribution is 8.01. The maximum absolute atomic E-state index is 12.4. The number of nitrogens with zero attached hydrogens (tertiary/aromatic N) is 3. The highest BCUT2D eigenvalue weighted by Gasteiger charge is 2.32. The van der Waals surface area contributed by atoms with Gasteiger partial charge in [-0.05, 0) is 18.4 Å². The molecule has 1 aromatic heterocycles. The summed E-state index contributed by atoms with van der Waals surface area (Å²) in [6, 6.07) is 10.6. The summed E-state index contributed by atoms with van der Waals surface area (Å²) in [7, 11) is 0. The van der Waals surface area contributed by atoms with Gasteiger partial charge in [0.1, 0.15) is 5.51 Å². The average molecular weight is 305 g/mol. The molecule has 1 aliphatic carbocycles. The number of carbonyl (C=O) groups excluding carboxylic acids is 1. The van der Waals surface area contributed by atoms with Crippen LogP contribution in [0.4, 0.5) is 0 Å². The normalized spacial score (nSPS) is 14.2. The van der Waals surface area contributed by atoms with Gasteiger partial charge in [0, 0.05) is 12.6 Å². The molecule has 1 saturated carbocycles. The molecule has 6 heteroatoms. The van der Waals surface area contributed by atoms with E-state index in [4.69, 9.17) is 0 Å². The van der Waals surface area contributed by atoms with Crippen molar-refractivity contribution in [2.45, 2.75) is 29.8 Å². The Bertz CT molecular complexity index is 555. The zero-order chi connectivity index (χ0) is 13.8.